The van der Waals surface area contributed by atoms with Crippen molar-refractivity contribution in [3.63, 3.8) is 0 Å². The molecule has 1 aromatic rings. The Morgan fingerprint density at radius 3 is 2.47 bits per heavy atom. The van der Waals surface area contributed by atoms with Crippen molar-refractivity contribution in [3.8, 4) is 0 Å². The number of rotatable bonds is 4. The second-order valence-electron chi connectivity index (χ2n) is 3.36. The first-order valence-corrected chi connectivity index (χ1v) is 5.43. The molecule has 0 spiro atoms. The molecular formula is C12H10ClFN2O3. The van der Waals surface area contributed by atoms with Crippen LogP contribution in [0.1, 0.15) is 0 Å². The van der Waals surface area contributed by atoms with E-state index in [-0.39, 0.29) is 5.03 Å². The predicted octanol–water partition coefficient (Wildman–Crippen LogP) is 2.08. The molecule has 0 aliphatic heterocycles. The summed E-state index contributed by atoms with van der Waals surface area (Å²) in [7, 11) is 1.10. The third kappa shape index (κ3) is 4.51. The molecule has 0 saturated carbocycles. The van der Waals surface area contributed by atoms with Gasteiger partial charge in [0.05, 0.1) is 12.1 Å². The van der Waals surface area contributed by atoms with Crippen molar-refractivity contribution in [2.75, 3.05) is 12.4 Å². The number of carbonyl (C=O) groups is 2. The number of esters is 1. The van der Waals surface area contributed by atoms with Gasteiger partial charge in [0.15, 0.2) is 5.71 Å². The van der Waals surface area contributed by atoms with Crippen LogP contribution < -0.4 is 5.32 Å². The van der Waals surface area contributed by atoms with Crippen LogP contribution in [0.5, 0.6) is 0 Å². The van der Waals surface area contributed by atoms with Crippen LogP contribution in [-0.2, 0) is 14.3 Å². The van der Waals surface area contributed by atoms with E-state index < -0.39 is 23.4 Å². The number of anilines is 1. The van der Waals surface area contributed by atoms with Crippen molar-refractivity contribution < 1.29 is 18.7 Å². The molecule has 0 fully saturated rings. The van der Waals surface area contributed by atoms with Crippen LogP contribution in [0.4, 0.5) is 10.1 Å². The van der Waals surface area contributed by atoms with Crippen LogP contribution in [0.3, 0.4) is 0 Å². The highest BCUT2D eigenvalue weighted by molar-refractivity contribution is 6.58. The molecule has 0 unspecified atom stereocenters. The fraction of sp³-hybridized carbons (Fsp3) is 0.0833. The molecular weight excluding hydrogens is 275 g/mol. The number of carbonyl (C=O) groups excluding carboxylic acids is 2. The summed E-state index contributed by atoms with van der Waals surface area (Å²) >= 11 is 5.61. The minimum absolute atomic E-state index is 0.355. The molecule has 5 nitrogen and oxygen atoms in total. The molecule has 0 aromatic heterocycles. The highest BCUT2D eigenvalue weighted by Gasteiger charge is 2.14. The van der Waals surface area contributed by atoms with Gasteiger partial charge in [-0.15, -0.1) is 0 Å². The number of hydrogen-bond donors (Lipinski definition) is 2. The normalized spacial score (nSPS) is 10.8. The number of nitrogens with one attached hydrogen (secondary N) is 2. The number of hydrogen-bond acceptors (Lipinski definition) is 4. The average Bonchev–Trinajstić information content (AvgIpc) is 2.39. The number of halogens is 2. The summed E-state index contributed by atoms with van der Waals surface area (Å²) < 4.78 is 16.9. The lowest BCUT2D eigenvalue weighted by Gasteiger charge is -2.03. The Morgan fingerprint density at radius 2 is 1.95 bits per heavy atom. The molecule has 0 heterocycles. The molecule has 1 aromatic carbocycles. The molecule has 0 radical (unpaired) electrons. The second kappa shape index (κ2) is 6.65. The maximum absolute atomic E-state index is 12.6. The Balaban J connectivity index is 2.71. The largest absolute Gasteiger partial charge is 0.464 e. The zero-order chi connectivity index (χ0) is 14.4. The van der Waals surface area contributed by atoms with Crippen molar-refractivity contribution in [3.05, 3.63) is 41.2 Å². The monoisotopic (exact) mass is 284 g/mol. The Hall–Kier alpha value is -2.21. The molecule has 19 heavy (non-hydrogen) atoms. The van der Waals surface area contributed by atoms with E-state index in [9.17, 15) is 14.0 Å². The summed E-state index contributed by atoms with van der Waals surface area (Å²) in [5, 5.41) is 9.34. The minimum Gasteiger partial charge on any atom is -0.464 e. The van der Waals surface area contributed by atoms with Gasteiger partial charge in [0.1, 0.15) is 5.82 Å². The van der Waals surface area contributed by atoms with Gasteiger partial charge < -0.3 is 10.1 Å². The zero-order valence-corrected chi connectivity index (χ0v) is 10.6. The molecule has 1 rings (SSSR count). The van der Waals surface area contributed by atoms with Gasteiger partial charge in [0.25, 0.3) is 0 Å². The van der Waals surface area contributed by atoms with Gasteiger partial charge in [-0.05, 0) is 24.3 Å². The van der Waals surface area contributed by atoms with Gasteiger partial charge >= 0.3 is 5.97 Å². The number of benzene rings is 1. The smallest absolute Gasteiger partial charge is 0.357 e. The lowest BCUT2D eigenvalue weighted by atomic mass is 10.3. The molecule has 0 atom stereocenters. The SMILES string of the molecule is COC(=O)C(=N)C(Cl)=CC(=O)Nc1ccc(F)cc1. The van der Waals surface area contributed by atoms with Gasteiger partial charge in [-0.3, -0.25) is 10.2 Å². The van der Waals surface area contributed by atoms with E-state index in [1.165, 1.54) is 24.3 Å². The summed E-state index contributed by atoms with van der Waals surface area (Å²) in [4.78, 5) is 22.5. The van der Waals surface area contributed by atoms with Gasteiger partial charge in [0.2, 0.25) is 5.91 Å². The van der Waals surface area contributed by atoms with Crippen molar-refractivity contribution in [1.29, 1.82) is 5.41 Å². The zero-order valence-electron chi connectivity index (χ0n) is 9.87. The quantitative estimate of drug-likeness (QED) is 0.505. The van der Waals surface area contributed by atoms with E-state index in [1.807, 2.05) is 0 Å². The maximum Gasteiger partial charge on any atom is 0.357 e. The van der Waals surface area contributed by atoms with Gasteiger partial charge in [0, 0.05) is 11.8 Å². The van der Waals surface area contributed by atoms with Crippen LogP contribution in [0.15, 0.2) is 35.4 Å². The van der Waals surface area contributed by atoms with Crippen LogP contribution in [0, 0.1) is 11.2 Å². The fourth-order valence-electron chi connectivity index (χ4n) is 1.10. The first kappa shape index (κ1) is 14.8. The van der Waals surface area contributed by atoms with Gasteiger partial charge in [-0.1, -0.05) is 11.6 Å². The number of ether oxygens (including phenoxy) is 1. The lowest BCUT2D eigenvalue weighted by Crippen LogP contribution is -2.17. The molecule has 7 heteroatoms. The standard InChI is InChI=1S/C12H10ClFN2O3/c1-19-12(18)11(15)9(13)6-10(17)16-8-4-2-7(14)3-5-8/h2-6,15H,1H3,(H,16,17). The number of methoxy groups -OCH3 is 1. The fourth-order valence-corrected chi connectivity index (χ4v) is 1.27. The summed E-state index contributed by atoms with van der Waals surface area (Å²) in [5.41, 5.74) is -0.268. The molecule has 100 valence electrons. The average molecular weight is 285 g/mol. The van der Waals surface area contributed by atoms with Crippen LogP contribution in [-0.4, -0.2) is 24.7 Å². The summed E-state index contributed by atoms with van der Waals surface area (Å²) in [5.74, 6) is -2.03. The Kier molecular flexibility index (Phi) is 5.20. The maximum atomic E-state index is 12.6. The van der Waals surface area contributed by atoms with E-state index in [4.69, 9.17) is 17.0 Å². The molecule has 0 bridgehead atoms. The Labute approximate surface area is 113 Å². The van der Waals surface area contributed by atoms with E-state index in [0.29, 0.717) is 5.69 Å². The highest BCUT2D eigenvalue weighted by atomic mass is 35.5. The topological polar surface area (TPSA) is 79.2 Å². The van der Waals surface area contributed by atoms with E-state index in [2.05, 4.69) is 10.1 Å². The molecule has 0 saturated heterocycles. The lowest BCUT2D eigenvalue weighted by molar-refractivity contribution is -0.132. The second-order valence-corrected chi connectivity index (χ2v) is 3.76. The third-order valence-electron chi connectivity index (χ3n) is 2.00. The molecule has 0 aliphatic carbocycles. The van der Waals surface area contributed by atoms with Crippen molar-refractivity contribution >= 4 is 34.9 Å². The first-order valence-electron chi connectivity index (χ1n) is 5.05. The van der Waals surface area contributed by atoms with Crippen molar-refractivity contribution in [2.24, 2.45) is 0 Å². The van der Waals surface area contributed by atoms with Crippen LogP contribution in [0.2, 0.25) is 0 Å². The van der Waals surface area contributed by atoms with Crippen LogP contribution >= 0.6 is 11.6 Å². The van der Waals surface area contributed by atoms with E-state index >= 15 is 0 Å². The summed E-state index contributed by atoms with van der Waals surface area (Å²) in [6.07, 6.45) is 0.865. The van der Waals surface area contributed by atoms with E-state index in [1.54, 1.807) is 0 Å². The first-order chi connectivity index (χ1) is 8.93. The third-order valence-corrected chi connectivity index (χ3v) is 2.30. The summed E-state index contributed by atoms with van der Waals surface area (Å²) in [6.45, 7) is 0. The number of amides is 1. The predicted molar refractivity (Wildman–Crippen MR) is 68.7 cm³/mol. The molecule has 2 N–H and O–H groups in total. The van der Waals surface area contributed by atoms with Crippen LogP contribution in [0.25, 0.3) is 0 Å². The molecule has 0 aliphatic rings. The Bertz CT molecular complexity index is 540. The van der Waals surface area contributed by atoms with Gasteiger partial charge in [-0.25, -0.2) is 9.18 Å². The highest BCUT2D eigenvalue weighted by Crippen LogP contribution is 2.10. The Morgan fingerprint density at radius 1 is 1.37 bits per heavy atom. The minimum atomic E-state index is -0.948. The van der Waals surface area contributed by atoms with Crippen molar-refractivity contribution in [1.82, 2.24) is 0 Å². The van der Waals surface area contributed by atoms with E-state index in [0.717, 1.165) is 13.2 Å². The van der Waals surface area contributed by atoms with Gasteiger partial charge in [-0.2, -0.15) is 0 Å². The molecule has 1 amide bonds. The van der Waals surface area contributed by atoms with Crippen molar-refractivity contribution in [2.45, 2.75) is 0 Å². The summed E-state index contributed by atoms with van der Waals surface area (Å²) in [6, 6.07) is 5.08.